The van der Waals surface area contributed by atoms with Gasteiger partial charge in [-0.2, -0.15) is 0 Å². The number of nitrogens with one attached hydrogen (secondary N) is 3. The van der Waals surface area contributed by atoms with Crippen molar-refractivity contribution in [2.45, 2.75) is 24.1 Å². The van der Waals surface area contributed by atoms with Crippen molar-refractivity contribution in [3.05, 3.63) is 71.7 Å². The number of fused-ring (bicyclic) bond motifs is 1. The molecule has 5 nitrogen and oxygen atoms in total. The van der Waals surface area contributed by atoms with E-state index in [0.29, 0.717) is 30.7 Å². The fraction of sp³-hybridized carbons (Fsp3) is 0.273. The van der Waals surface area contributed by atoms with Gasteiger partial charge in [-0.05, 0) is 36.1 Å². The highest BCUT2D eigenvalue weighted by Gasteiger charge is 2.32. The summed E-state index contributed by atoms with van der Waals surface area (Å²) in [6.45, 7) is 0.496. The van der Waals surface area contributed by atoms with Crippen LogP contribution in [-0.4, -0.2) is 40.4 Å². The number of halogens is 1. The number of carbonyl (C=O) groups excluding carboxylic acids is 2. The number of hydrogen-bond donors (Lipinski definition) is 3. The molecule has 1 fully saturated rings. The van der Waals surface area contributed by atoms with Gasteiger partial charge in [0.05, 0.1) is 5.25 Å². The fourth-order valence-electron chi connectivity index (χ4n) is 3.53. The van der Waals surface area contributed by atoms with Crippen molar-refractivity contribution >= 4 is 34.5 Å². The predicted octanol–water partition coefficient (Wildman–Crippen LogP) is 2.81. The number of rotatable bonds is 6. The summed E-state index contributed by atoms with van der Waals surface area (Å²) in [5.41, 5.74) is 2.74. The van der Waals surface area contributed by atoms with Gasteiger partial charge in [0, 0.05) is 29.4 Å². The zero-order valence-electron chi connectivity index (χ0n) is 15.8. The smallest absolute Gasteiger partial charge is 0.243 e. The Morgan fingerprint density at radius 2 is 1.93 bits per heavy atom. The van der Waals surface area contributed by atoms with E-state index in [0.717, 1.165) is 16.5 Å². The largest absolute Gasteiger partial charge is 0.361 e. The van der Waals surface area contributed by atoms with E-state index in [1.807, 2.05) is 24.4 Å². The van der Waals surface area contributed by atoms with Crippen LogP contribution in [0.3, 0.4) is 0 Å². The standard InChI is InChI=1S/C22H22FN3O2S/c23-17-7-3-1-5-14(17)11-20-22(28)26-19(13-29-20)21(27)24-10-9-15-12-25-18-8-4-2-6-16(15)18/h1-8,12,19-20,25H,9-11,13H2,(H,24,27)(H,26,28)/t19-,20+/m0/s1. The highest BCUT2D eigenvalue weighted by atomic mass is 32.2. The number of para-hydroxylation sites is 1. The van der Waals surface area contributed by atoms with Crippen LogP contribution in [0.1, 0.15) is 11.1 Å². The van der Waals surface area contributed by atoms with Gasteiger partial charge in [0.1, 0.15) is 11.9 Å². The number of thioether (sulfide) groups is 1. The van der Waals surface area contributed by atoms with Crippen molar-refractivity contribution in [3.63, 3.8) is 0 Å². The van der Waals surface area contributed by atoms with Gasteiger partial charge >= 0.3 is 0 Å². The molecule has 1 aromatic heterocycles. The van der Waals surface area contributed by atoms with E-state index in [1.54, 1.807) is 18.2 Å². The summed E-state index contributed by atoms with van der Waals surface area (Å²) in [5, 5.41) is 6.45. The molecule has 2 aromatic carbocycles. The topological polar surface area (TPSA) is 74.0 Å². The summed E-state index contributed by atoms with van der Waals surface area (Å²) in [6, 6.07) is 13.9. The monoisotopic (exact) mass is 411 g/mol. The van der Waals surface area contributed by atoms with Crippen LogP contribution in [0.25, 0.3) is 10.9 Å². The second-order valence-corrected chi connectivity index (χ2v) is 8.31. The molecule has 0 bridgehead atoms. The van der Waals surface area contributed by atoms with E-state index in [-0.39, 0.29) is 22.9 Å². The van der Waals surface area contributed by atoms with E-state index in [2.05, 4.69) is 21.7 Å². The molecule has 0 radical (unpaired) electrons. The third-order valence-corrected chi connectivity index (χ3v) is 6.43. The molecule has 2 heterocycles. The molecule has 3 aromatic rings. The Bertz CT molecular complexity index is 1040. The van der Waals surface area contributed by atoms with Crippen molar-refractivity contribution in [2.24, 2.45) is 0 Å². The fourth-order valence-corrected chi connectivity index (χ4v) is 4.71. The van der Waals surface area contributed by atoms with E-state index < -0.39 is 6.04 Å². The number of aromatic amines is 1. The van der Waals surface area contributed by atoms with Crippen LogP contribution in [0.2, 0.25) is 0 Å². The number of H-pyrrole nitrogens is 1. The van der Waals surface area contributed by atoms with Crippen molar-refractivity contribution in [2.75, 3.05) is 12.3 Å². The van der Waals surface area contributed by atoms with Crippen LogP contribution in [0.4, 0.5) is 4.39 Å². The van der Waals surface area contributed by atoms with Gasteiger partial charge in [-0.25, -0.2) is 4.39 Å². The first-order valence-electron chi connectivity index (χ1n) is 9.60. The first-order valence-corrected chi connectivity index (χ1v) is 10.6. The van der Waals surface area contributed by atoms with Crippen LogP contribution >= 0.6 is 11.8 Å². The molecule has 29 heavy (non-hydrogen) atoms. The van der Waals surface area contributed by atoms with Gasteiger partial charge < -0.3 is 15.6 Å². The molecular formula is C22H22FN3O2S. The third kappa shape index (κ3) is 4.45. The molecule has 0 spiro atoms. The first-order chi connectivity index (χ1) is 14.1. The van der Waals surface area contributed by atoms with Gasteiger partial charge in [-0.3, -0.25) is 9.59 Å². The van der Waals surface area contributed by atoms with Gasteiger partial charge in [0.15, 0.2) is 0 Å². The molecule has 4 rings (SSSR count). The zero-order chi connectivity index (χ0) is 20.2. The maximum absolute atomic E-state index is 13.8. The maximum atomic E-state index is 13.8. The Labute approximate surface area is 172 Å². The highest BCUT2D eigenvalue weighted by molar-refractivity contribution is 8.00. The number of benzene rings is 2. The lowest BCUT2D eigenvalue weighted by molar-refractivity contribution is -0.128. The van der Waals surface area contributed by atoms with Crippen molar-refractivity contribution < 1.29 is 14.0 Å². The predicted molar refractivity (Wildman–Crippen MR) is 113 cm³/mol. The van der Waals surface area contributed by atoms with Crippen LogP contribution in [-0.2, 0) is 22.4 Å². The van der Waals surface area contributed by atoms with Gasteiger partial charge in [-0.15, -0.1) is 11.8 Å². The third-order valence-electron chi connectivity index (χ3n) is 5.12. The average Bonchev–Trinajstić information content (AvgIpc) is 3.14. The summed E-state index contributed by atoms with van der Waals surface area (Å²) in [6.07, 6.45) is 2.99. The lowest BCUT2D eigenvalue weighted by Crippen LogP contribution is -2.54. The summed E-state index contributed by atoms with van der Waals surface area (Å²) >= 11 is 1.40. The molecule has 7 heteroatoms. The maximum Gasteiger partial charge on any atom is 0.243 e. The van der Waals surface area contributed by atoms with Gasteiger partial charge in [-0.1, -0.05) is 36.4 Å². The quantitative estimate of drug-likeness (QED) is 0.584. The summed E-state index contributed by atoms with van der Waals surface area (Å²) in [7, 11) is 0. The van der Waals surface area contributed by atoms with Crippen LogP contribution in [0, 0.1) is 5.82 Å². The molecule has 0 saturated carbocycles. The lowest BCUT2D eigenvalue weighted by atomic mass is 10.1. The van der Waals surface area contributed by atoms with Gasteiger partial charge in [0.25, 0.3) is 0 Å². The molecule has 2 atom stereocenters. The Hall–Kier alpha value is -2.80. The van der Waals surface area contributed by atoms with E-state index in [1.165, 1.54) is 17.8 Å². The van der Waals surface area contributed by atoms with E-state index in [4.69, 9.17) is 0 Å². The molecule has 1 aliphatic heterocycles. The lowest BCUT2D eigenvalue weighted by Gasteiger charge is -2.28. The Morgan fingerprint density at radius 1 is 1.14 bits per heavy atom. The van der Waals surface area contributed by atoms with Crippen molar-refractivity contribution in [1.29, 1.82) is 0 Å². The molecule has 3 N–H and O–H groups in total. The Kier molecular flexibility index (Phi) is 5.85. The molecule has 2 amide bonds. The van der Waals surface area contributed by atoms with Crippen molar-refractivity contribution in [3.8, 4) is 0 Å². The molecular weight excluding hydrogens is 389 g/mol. The van der Waals surface area contributed by atoms with Crippen molar-refractivity contribution in [1.82, 2.24) is 15.6 Å². The van der Waals surface area contributed by atoms with Crippen LogP contribution in [0.5, 0.6) is 0 Å². The number of amides is 2. The Balaban J connectivity index is 1.27. The molecule has 0 aliphatic carbocycles. The minimum Gasteiger partial charge on any atom is -0.361 e. The minimum atomic E-state index is -0.563. The molecule has 0 unspecified atom stereocenters. The molecule has 1 saturated heterocycles. The zero-order valence-corrected chi connectivity index (χ0v) is 16.6. The summed E-state index contributed by atoms with van der Waals surface area (Å²) in [5.74, 6) is -0.238. The number of carbonyl (C=O) groups is 2. The highest BCUT2D eigenvalue weighted by Crippen LogP contribution is 2.23. The molecule has 1 aliphatic rings. The summed E-state index contributed by atoms with van der Waals surface area (Å²) < 4.78 is 13.8. The normalized spacial score (nSPS) is 19.1. The Morgan fingerprint density at radius 3 is 2.76 bits per heavy atom. The average molecular weight is 412 g/mol. The van der Waals surface area contributed by atoms with Gasteiger partial charge in [0.2, 0.25) is 11.8 Å². The SMILES string of the molecule is O=C(NCCc1c[nH]c2ccccc12)[C@@H]1CS[C@H](Cc2ccccc2F)C(=O)N1. The van der Waals surface area contributed by atoms with Crippen LogP contribution < -0.4 is 10.6 Å². The number of hydrogen-bond acceptors (Lipinski definition) is 3. The second kappa shape index (κ2) is 8.69. The minimum absolute atomic E-state index is 0.185. The van der Waals surface area contributed by atoms with E-state index >= 15 is 0 Å². The summed E-state index contributed by atoms with van der Waals surface area (Å²) in [4.78, 5) is 28.1. The molecule has 150 valence electrons. The first kappa shape index (κ1) is 19.5. The van der Waals surface area contributed by atoms with E-state index in [9.17, 15) is 14.0 Å². The number of aromatic nitrogens is 1. The van der Waals surface area contributed by atoms with Crippen LogP contribution in [0.15, 0.2) is 54.7 Å². The second-order valence-electron chi connectivity index (χ2n) is 7.08.